The molecule has 9 nitrogen and oxygen atoms in total. The maximum atomic E-state index is 12.7. The summed E-state index contributed by atoms with van der Waals surface area (Å²) in [4.78, 5) is 25.3. The lowest BCUT2D eigenvalue weighted by Gasteiger charge is -2.42. The van der Waals surface area contributed by atoms with Crippen LogP contribution in [0.5, 0.6) is 0 Å². The summed E-state index contributed by atoms with van der Waals surface area (Å²) in [6.45, 7) is 1.52. The Labute approximate surface area is 180 Å². The third-order valence-electron chi connectivity index (χ3n) is 4.60. The van der Waals surface area contributed by atoms with Gasteiger partial charge in [0.2, 0.25) is 0 Å². The molecule has 1 aliphatic heterocycles. The number of hydrogen-bond acceptors (Lipinski definition) is 9. The highest BCUT2D eigenvalue weighted by atomic mass is 32.2. The molecule has 0 aromatic heterocycles. The Morgan fingerprint density at radius 3 is 1.74 bits per heavy atom. The molecule has 0 unspecified atom stereocenters. The van der Waals surface area contributed by atoms with Gasteiger partial charge in [0.1, 0.15) is 12.3 Å². The zero-order valence-electron chi connectivity index (χ0n) is 16.9. The molecule has 0 aliphatic carbocycles. The largest absolute Gasteiger partial charge is 0.452 e. The maximum absolute atomic E-state index is 12.7. The molecule has 0 bridgehead atoms. The fourth-order valence-electron chi connectivity index (χ4n) is 3.18. The highest BCUT2D eigenvalue weighted by Crippen LogP contribution is 2.28. The SMILES string of the molecule is C[C@@H]1O[C@H](N)[C@@H](OC(=O)c2ccccc2)[C@H](OC(=O)c2ccccc2)[C@@H]1OS(C)(=O)=O. The number of benzene rings is 2. The molecule has 2 aromatic carbocycles. The van der Waals surface area contributed by atoms with Crippen LogP contribution < -0.4 is 5.73 Å². The van der Waals surface area contributed by atoms with E-state index in [1.807, 2.05) is 0 Å². The quantitative estimate of drug-likeness (QED) is 0.514. The van der Waals surface area contributed by atoms with Crippen LogP contribution in [-0.2, 0) is 28.5 Å². The number of hydrogen-bond donors (Lipinski definition) is 1. The van der Waals surface area contributed by atoms with E-state index < -0.39 is 52.7 Å². The Morgan fingerprint density at radius 2 is 1.29 bits per heavy atom. The fraction of sp³-hybridized carbons (Fsp3) is 0.333. The van der Waals surface area contributed by atoms with Crippen molar-refractivity contribution >= 4 is 22.1 Å². The van der Waals surface area contributed by atoms with Gasteiger partial charge in [-0.05, 0) is 31.2 Å². The van der Waals surface area contributed by atoms with Crippen LogP contribution in [0, 0.1) is 0 Å². The molecule has 0 saturated carbocycles. The molecule has 2 N–H and O–H groups in total. The van der Waals surface area contributed by atoms with Gasteiger partial charge in [0.15, 0.2) is 12.2 Å². The standard InChI is InChI=1S/C21H23NO8S/c1-13-16(30-31(2,25)26)17(28-20(23)14-9-5-3-6-10-14)18(19(22)27-13)29-21(24)15-11-7-4-8-12-15/h3-13,16-19H,22H2,1-2H3/t13-,16+,17+,18-,19-/m0/s1. The number of nitrogens with two attached hydrogens (primary N) is 1. The Bertz CT molecular complexity index is 1010. The average molecular weight is 449 g/mol. The van der Waals surface area contributed by atoms with Crippen molar-refractivity contribution in [2.75, 3.05) is 6.26 Å². The van der Waals surface area contributed by atoms with E-state index in [1.165, 1.54) is 31.2 Å². The molecule has 10 heteroatoms. The van der Waals surface area contributed by atoms with Crippen LogP contribution in [0.4, 0.5) is 0 Å². The molecule has 1 heterocycles. The molecule has 0 radical (unpaired) electrons. The fourth-order valence-corrected chi connectivity index (χ4v) is 3.85. The second kappa shape index (κ2) is 9.56. The Balaban J connectivity index is 1.92. The van der Waals surface area contributed by atoms with Gasteiger partial charge in [0.25, 0.3) is 10.1 Å². The normalized spacial score (nSPS) is 26.1. The van der Waals surface area contributed by atoms with Crippen LogP contribution in [0.15, 0.2) is 60.7 Å². The summed E-state index contributed by atoms with van der Waals surface area (Å²) >= 11 is 0. The summed E-state index contributed by atoms with van der Waals surface area (Å²) < 4.78 is 45.4. The van der Waals surface area contributed by atoms with Crippen molar-refractivity contribution in [1.29, 1.82) is 0 Å². The summed E-state index contributed by atoms with van der Waals surface area (Å²) in [6.07, 6.45) is -5.14. The molecule has 166 valence electrons. The Kier molecular flexibility index (Phi) is 7.06. The first-order chi connectivity index (χ1) is 14.7. The van der Waals surface area contributed by atoms with Gasteiger partial charge < -0.3 is 19.9 Å². The molecular formula is C21H23NO8S. The minimum atomic E-state index is -3.96. The van der Waals surface area contributed by atoms with E-state index in [1.54, 1.807) is 36.4 Å². The predicted molar refractivity (Wildman–Crippen MR) is 110 cm³/mol. The molecule has 31 heavy (non-hydrogen) atoms. The van der Waals surface area contributed by atoms with E-state index in [0.29, 0.717) is 0 Å². The van der Waals surface area contributed by atoms with E-state index in [2.05, 4.69) is 0 Å². The number of carbonyl (C=O) groups excluding carboxylic acids is 2. The summed E-state index contributed by atoms with van der Waals surface area (Å²) in [7, 11) is -3.96. The first-order valence-corrected chi connectivity index (χ1v) is 11.3. The predicted octanol–water partition coefficient (Wildman–Crippen LogP) is 1.49. The lowest BCUT2D eigenvalue weighted by Crippen LogP contribution is -2.63. The molecule has 1 fully saturated rings. The van der Waals surface area contributed by atoms with Gasteiger partial charge in [-0.15, -0.1) is 0 Å². The van der Waals surface area contributed by atoms with Gasteiger partial charge >= 0.3 is 11.9 Å². The Morgan fingerprint density at radius 1 is 0.839 bits per heavy atom. The molecule has 0 spiro atoms. The lowest BCUT2D eigenvalue weighted by molar-refractivity contribution is -0.208. The van der Waals surface area contributed by atoms with Crippen LogP contribution in [0.2, 0.25) is 0 Å². The van der Waals surface area contributed by atoms with Crippen molar-refractivity contribution in [2.45, 2.75) is 37.6 Å². The topological polar surface area (TPSA) is 131 Å². The van der Waals surface area contributed by atoms with Crippen molar-refractivity contribution in [2.24, 2.45) is 5.73 Å². The minimum absolute atomic E-state index is 0.224. The third kappa shape index (κ3) is 5.88. The number of rotatable bonds is 6. The lowest BCUT2D eigenvalue weighted by atomic mass is 9.98. The van der Waals surface area contributed by atoms with Gasteiger partial charge in [-0.1, -0.05) is 36.4 Å². The molecule has 1 saturated heterocycles. The first-order valence-electron chi connectivity index (χ1n) is 9.47. The zero-order chi connectivity index (χ0) is 22.6. The van der Waals surface area contributed by atoms with Crippen LogP contribution in [0.1, 0.15) is 27.6 Å². The molecule has 3 rings (SSSR count). The van der Waals surface area contributed by atoms with Crippen LogP contribution in [-0.4, -0.2) is 57.3 Å². The molecule has 0 amide bonds. The Hall–Kier alpha value is -2.79. The average Bonchev–Trinajstić information content (AvgIpc) is 2.73. The van der Waals surface area contributed by atoms with Crippen LogP contribution >= 0.6 is 0 Å². The summed E-state index contributed by atoms with van der Waals surface area (Å²) in [5.74, 6) is -1.49. The summed E-state index contributed by atoms with van der Waals surface area (Å²) in [6, 6.07) is 16.2. The van der Waals surface area contributed by atoms with Crippen LogP contribution in [0.3, 0.4) is 0 Å². The molecule has 5 atom stereocenters. The van der Waals surface area contributed by atoms with Gasteiger partial charge in [-0.2, -0.15) is 8.42 Å². The van der Waals surface area contributed by atoms with Gasteiger partial charge in [0.05, 0.1) is 23.5 Å². The van der Waals surface area contributed by atoms with E-state index >= 15 is 0 Å². The summed E-state index contributed by atoms with van der Waals surface area (Å²) in [5.41, 5.74) is 6.49. The highest BCUT2D eigenvalue weighted by Gasteiger charge is 2.50. The van der Waals surface area contributed by atoms with Crippen molar-refractivity contribution in [3.8, 4) is 0 Å². The van der Waals surface area contributed by atoms with Gasteiger partial charge in [0, 0.05) is 0 Å². The van der Waals surface area contributed by atoms with Crippen molar-refractivity contribution in [1.82, 2.24) is 0 Å². The van der Waals surface area contributed by atoms with Crippen molar-refractivity contribution in [3.63, 3.8) is 0 Å². The minimum Gasteiger partial charge on any atom is -0.452 e. The van der Waals surface area contributed by atoms with E-state index in [0.717, 1.165) is 6.26 Å². The number of esters is 2. The van der Waals surface area contributed by atoms with Crippen molar-refractivity contribution in [3.05, 3.63) is 71.8 Å². The molecule has 2 aromatic rings. The van der Waals surface area contributed by atoms with E-state index in [9.17, 15) is 18.0 Å². The maximum Gasteiger partial charge on any atom is 0.338 e. The molecule has 1 aliphatic rings. The van der Waals surface area contributed by atoms with Gasteiger partial charge in [-0.25, -0.2) is 9.59 Å². The summed E-state index contributed by atoms with van der Waals surface area (Å²) in [5, 5.41) is 0. The second-order valence-corrected chi connectivity index (χ2v) is 8.64. The zero-order valence-corrected chi connectivity index (χ0v) is 17.7. The van der Waals surface area contributed by atoms with E-state index in [-0.39, 0.29) is 11.1 Å². The van der Waals surface area contributed by atoms with Crippen LogP contribution in [0.25, 0.3) is 0 Å². The monoisotopic (exact) mass is 449 g/mol. The second-order valence-electron chi connectivity index (χ2n) is 7.04. The van der Waals surface area contributed by atoms with E-state index in [4.69, 9.17) is 24.1 Å². The third-order valence-corrected chi connectivity index (χ3v) is 5.17. The first kappa shape index (κ1) is 22.9. The highest BCUT2D eigenvalue weighted by molar-refractivity contribution is 7.86. The number of carbonyl (C=O) groups is 2. The van der Waals surface area contributed by atoms with Crippen molar-refractivity contribution < 1.29 is 36.4 Å². The van der Waals surface area contributed by atoms with Gasteiger partial charge in [-0.3, -0.25) is 4.18 Å². The number of ether oxygens (including phenoxy) is 3. The smallest absolute Gasteiger partial charge is 0.338 e. The molecular weight excluding hydrogens is 426 g/mol.